The third kappa shape index (κ3) is 5.00. The SMILES string of the molecule is CC(CCC(=O)Nc1ccc(S(=O)(=O)O)cc1)C1CCC2C3CCC4CC(O)CCC4(C)C3CCC12C. The summed E-state index contributed by atoms with van der Waals surface area (Å²) in [6.45, 7) is 7.43. The normalized spacial score (nSPS) is 40.2. The fraction of sp³-hybridized carbons (Fsp3) is 0.767. The molecule has 0 radical (unpaired) electrons. The van der Waals surface area contributed by atoms with Crippen LogP contribution in [0, 0.1) is 46.3 Å². The molecule has 5 rings (SSSR count). The summed E-state index contributed by atoms with van der Waals surface area (Å²) in [6.07, 6.45) is 12.2. The Labute approximate surface area is 222 Å². The van der Waals surface area contributed by atoms with Gasteiger partial charge in [0.25, 0.3) is 10.1 Å². The number of nitrogens with one attached hydrogen (secondary N) is 1. The Morgan fingerprint density at radius 1 is 1.00 bits per heavy atom. The lowest BCUT2D eigenvalue weighted by molar-refractivity contribution is -0.129. The zero-order valence-corrected chi connectivity index (χ0v) is 23.5. The van der Waals surface area contributed by atoms with Gasteiger partial charge < -0.3 is 10.4 Å². The fourth-order valence-corrected chi connectivity index (χ4v) is 10.2. The van der Waals surface area contributed by atoms with E-state index >= 15 is 0 Å². The number of aliphatic hydroxyl groups excluding tert-OH is 1. The van der Waals surface area contributed by atoms with Gasteiger partial charge in [0, 0.05) is 12.1 Å². The van der Waals surface area contributed by atoms with E-state index in [9.17, 15) is 18.3 Å². The van der Waals surface area contributed by atoms with E-state index in [0.717, 1.165) is 37.0 Å². The molecule has 0 aliphatic heterocycles. The zero-order valence-electron chi connectivity index (χ0n) is 22.7. The minimum atomic E-state index is -4.24. The van der Waals surface area contributed by atoms with E-state index in [1.807, 2.05) is 0 Å². The molecule has 0 aromatic heterocycles. The highest BCUT2D eigenvalue weighted by Gasteiger charge is 2.60. The van der Waals surface area contributed by atoms with Crippen molar-refractivity contribution in [3.63, 3.8) is 0 Å². The van der Waals surface area contributed by atoms with Gasteiger partial charge in [-0.1, -0.05) is 20.8 Å². The molecule has 0 saturated heterocycles. The molecular formula is C30H45NO5S. The van der Waals surface area contributed by atoms with Gasteiger partial charge in [-0.05, 0) is 135 Å². The number of fused-ring (bicyclic) bond motifs is 5. The molecule has 7 heteroatoms. The van der Waals surface area contributed by atoms with Crippen LogP contribution >= 0.6 is 0 Å². The van der Waals surface area contributed by atoms with E-state index in [4.69, 9.17) is 4.55 Å². The molecule has 0 bridgehead atoms. The first-order valence-corrected chi connectivity index (χ1v) is 15.9. The average molecular weight is 532 g/mol. The van der Waals surface area contributed by atoms with Crippen molar-refractivity contribution in [3.05, 3.63) is 24.3 Å². The van der Waals surface area contributed by atoms with E-state index in [1.165, 1.54) is 69.2 Å². The molecule has 1 aromatic rings. The molecule has 3 N–H and O–H groups in total. The van der Waals surface area contributed by atoms with Crippen LogP contribution in [0.5, 0.6) is 0 Å². The van der Waals surface area contributed by atoms with E-state index in [2.05, 4.69) is 26.1 Å². The van der Waals surface area contributed by atoms with Crippen LogP contribution in [-0.4, -0.2) is 30.1 Å². The second kappa shape index (κ2) is 9.95. The van der Waals surface area contributed by atoms with Crippen molar-refractivity contribution in [2.75, 3.05) is 5.32 Å². The lowest BCUT2D eigenvalue weighted by Crippen LogP contribution is -2.54. The molecule has 4 aliphatic carbocycles. The Hall–Kier alpha value is -1.44. The van der Waals surface area contributed by atoms with Crippen LogP contribution in [0.1, 0.15) is 91.4 Å². The van der Waals surface area contributed by atoms with Crippen molar-refractivity contribution in [1.29, 1.82) is 0 Å². The third-order valence-electron chi connectivity index (χ3n) is 11.7. The highest BCUT2D eigenvalue weighted by Crippen LogP contribution is 2.68. The minimum absolute atomic E-state index is 0.0550. The lowest BCUT2D eigenvalue weighted by atomic mass is 9.44. The van der Waals surface area contributed by atoms with Gasteiger partial charge in [-0.2, -0.15) is 8.42 Å². The maximum Gasteiger partial charge on any atom is 0.294 e. The number of anilines is 1. The Morgan fingerprint density at radius 2 is 1.68 bits per heavy atom. The Bertz CT molecular complexity index is 1100. The molecule has 4 saturated carbocycles. The molecule has 9 unspecified atom stereocenters. The highest BCUT2D eigenvalue weighted by molar-refractivity contribution is 7.85. The number of hydrogen-bond donors (Lipinski definition) is 3. The molecule has 0 spiro atoms. The van der Waals surface area contributed by atoms with E-state index in [0.29, 0.717) is 40.7 Å². The molecule has 1 amide bonds. The van der Waals surface area contributed by atoms with Crippen LogP contribution in [0.2, 0.25) is 0 Å². The van der Waals surface area contributed by atoms with Crippen LogP contribution < -0.4 is 5.32 Å². The topological polar surface area (TPSA) is 104 Å². The first-order valence-electron chi connectivity index (χ1n) is 14.5. The summed E-state index contributed by atoms with van der Waals surface area (Å²) >= 11 is 0. The average Bonchev–Trinajstić information content (AvgIpc) is 3.20. The van der Waals surface area contributed by atoms with Crippen LogP contribution in [0.25, 0.3) is 0 Å². The molecule has 6 nitrogen and oxygen atoms in total. The van der Waals surface area contributed by atoms with Gasteiger partial charge in [-0.15, -0.1) is 0 Å². The van der Waals surface area contributed by atoms with Crippen LogP contribution in [0.3, 0.4) is 0 Å². The summed E-state index contributed by atoms with van der Waals surface area (Å²) in [7, 11) is -4.24. The maximum absolute atomic E-state index is 12.7. The smallest absolute Gasteiger partial charge is 0.294 e. The van der Waals surface area contributed by atoms with E-state index < -0.39 is 10.1 Å². The van der Waals surface area contributed by atoms with Crippen LogP contribution in [-0.2, 0) is 14.9 Å². The van der Waals surface area contributed by atoms with Gasteiger partial charge in [0.1, 0.15) is 0 Å². The number of hydrogen-bond acceptors (Lipinski definition) is 4. The Kier molecular flexibility index (Phi) is 7.29. The number of carbonyl (C=O) groups excluding carboxylic acids is 1. The van der Waals surface area contributed by atoms with Crippen molar-refractivity contribution in [2.24, 2.45) is 46.3 Å². The highest BCUT2D eigenvalue weighted by atomic mass is 32.2. The van der Waals surface area contributed by atoms with Crippen LogP contribution in [0.4, 0.5) is 5.69 Å². The van der Waals surface area contributed by atoms with Crippen LogP contribution in [0.15, 0.2) is 29.2 Å². The number of carbonyl (C=O) groups is 1. The maximum atomic E-state index is 12.7. The minimum Gasteiger partial charge on any atom is -0.393 e. The molecule has 206 valence electrons. The molecule has 4 aliphatic rings. The van der Waals surface area contributed by atoms with E-state index in [1.54, 1.807) is 0 Å². The first-order chi connectivity index (χ1) is 17.4. The van der Waals surface area contributed by atoms with Gasteiger partial charge in [-0.3, -0.25) is 9.35 Å². The third-order valence-corrected chi connectivity index (χ3v) is 12.5. The molecule has 0 heterocycles. The second-order valence-electron chi connectivity index (χ2n) is 13.4. The molecule has 9 atom stereocenters. The van der Waals surface area contributed by atoms with Gasteiger partial charge >= 0.3 is 0 Å². The summed E-state index contributed by atoms with van der Waals surface area (Å²) < 4.78 is 31.6. The van der Waals surface area contributed by atoms with Crippen molar-refractivity contribution in [2.45, 2.75) is 102 Å². The van der Waals surface area contributed by atoms with Crippen molar-refractivity contribution >= 4 is 21.7 Å². The first kappa shape index (κ1) is 27.1. The predicted octanol–water partition coefficient (Wildman–Crippen LogP) is 6.31. The Morgan fingerprint density at radius 3 is 2.38 bits per heavy atom. The summed E-state index contributed by atoms with van der Waals surface area (Å²) in [5.74, 6) is 4.19. The quantitative estimate of drug-likeness (QED) is 0.373. The van der Waals surface area contributed by atoms with Gasteiger partial charge in [0.15, 0.2) is 0 Å². The van der Waals surface area contributed by atoms with Gasteiger partial charge in [0.05, 0.1) is 11.0 Å². The number of amides is 1. The molecule has 37 heavy (non-hydrogen) atoms. The molecule has 4 fully saturated rings. The molecular weight excluding hydrogens is 486 g/mol. The summed E-state index contributed by atoms with van der Waals surface area (Å²) in [6, 6.07) is 5.61. The predicted molar refractivity (Wildman–Crippen MR) is 145 cm³/mol. The lowest BCUT2D eigenvalue weighted by Gasteiger charge is -2.61. The van der Waals surface area contributed by atoms with Crippen molar-refractivity contribution in [3.8, 4) is 0 Å². The summed E-state index contributed by atoms with van der Waals surface area (Å²) in [5, 5.41) is 13.2. The number of rotatable bonds is 6. The van der Waals surface area contributed by atoms with E-state index in [-0.39, 0.29) is 16.9 Å². The zero-order chi connectivity index (χ0) is 26.6. The monoisotopic (exact) mass is 531 g/mol. The fourth-order valence-electron chi connectivity index (χ4n) is 9.70. The van der Waals surface area contributed by atoms with Crippen molar-refractivity contribution in [1.82, 2.24) is 0 Å². The Balaban J connectivity index is 1.18. The van der Waals surface area contributed by atoms with Crippen molar-refractivity contribution < 1.29 is 22.9 Å². The number of benzene rings is 1. The molecule has 1 aromatic carbocycles. The largest absolute Gasteiger partial charge is 0.393 e. The van der Waals surface area contributed by atoms with Gasteiger partial charge in [0.2, 0.25) is 5.91 Å². The number of aliphatic hydroxyl groups is 1. The standard InChI is InChI=1S/C30H45NO5S/c1-19(4-13-28(33)31-21-6-8-23(9-7-21)37(34,35)36)25-11-12-26-24-10-5-20-18-22(32)14-16-29(20,2)27(24)15-17-30(25,26)3/h6-9,19-20,22,24-27,32H,4-5,10-18H2,1-3H3,(H,31,33)(H,34,35,36). The summed E-state index contributed by atoms with van der Waals surface area (Å²) in [5.41, 5.74) is 1.31. The summed E-state index contributed by atoms with van der Waals surface area (Å²) in [4.78, 5) is 12.5. The second-order valence-corrected chi connectivity index (χ2v) is 14.8. The van der Waals surface area contributed by atoms with Gasteiger partial charge in [-0.25, -0.2) is 0 Å².